The Morgan fingerprint density at radius 2 is 2.18 bits per heavy atom. The molecule has 0 aliphatic carbocycles. The molecule has 2 atom stereocenters. The highest BCUT2D eigenvalue weighted by Crippen LogP contribution is 2.19. The third-order valence-electron chi connectivity index (χ3n) is 4.09. The summed E-state index contributed by atoms with van der Waals surface area (Å²) in [5.41, 5.74) is 1.85. The minimum atomic E-state index is -1.02. The van der Waals surface area contributed by atoms with E-state index < -0.39 is 12.0 Å². The maximum atomic E-state index is 12.1. The van der Waals surface area contributed by atoms with E-state index in [-0.39, 0.29) is 18.4 Å². The lowest BCUT2D eigenvalue weighted by molar-refractivity contribution is -0.142. The molecule has 116 valence electrons. The molecule has 1 aromatic heterocycles. The van der Waals surface area contributed by atoms with Crippen LogP contribution in [0.1, 0.15) is 18.4 Å². The average Bonchev–Trinajstić information content (AvgIpc) is 3.16. The number of rotatable bonds is 5. The zero-order valence-corrected chi connectivity index (χ0v) is 12.1. The summed E-state index contributed by atoms with van der Waals surface area (Å²) >= 11 is 0. The van der Waals surface area contributed by atoms with Gasteiger partial charge in [0, 0.05) is 23.5 Å². The van der Waals surface area contributed by atoms with Gasteiger partial charge in [-0.1, -0.05) is 18.2 Å². The van der Waals surface area contributed by atoms with Gasteiger partial charge in [-0.25, -0.2) is 4.79 Å². The molecule has 2 aromatic rings. The highest BCUT2D eigenvalue weighted by Gasteiger charge is 2.27. The molecule has 4 N–H and O–H groups in total. The monoisotopic (exact) mass is 301 g/mol. The normalized spacial score (nSPS) is 19.2. The number of para-hydroxylation sites is 1. The third kappa shape index (κ3) is 2.96. The number of carbonyl (C=O) groups is 2. The second-order valence-electron chi connectivity index (χ2n) is 5.61. The van der Waals surface area contributed by atoms with E-state index in [0.29, 0.717) is 0 Å². The zero-order chi connectivity index (χ0) is 15.5. The van der Waals surface area contributed by atoms with Crippen LogP contribution in [-0.4, -0.2) is 40.6 Å². The fourth-order valence-electron chi connectivity index (χ4n) is 2.90. The fourth-order valence-corrected chi connectivity index (χ4v) is 2.90. The van der Waals surface area contributed by atoms with E-state index in [9.17, 15) is 14.7 Å². The van der Waals surface area contributed by atoms with Gasteiger partial charge in [-0.2, -0.15) is 0 Å². The molecule has 2 heterocycles. The first kappa shape index (κ1) is 14.6. The number of nitrogens with one attached hydrogen (secondary N) is 3. The van der Waals surface area contributed by atoms with Gasteiger partial charge >= 0.3 is 5.97 Å². The van der Waals surface area contributed by atoms with E-state index in [4.69, 9.17) is 0 Å². The highest BCUT2D eigenvalue weighted by molar-refractivity contribution is 5.88. The Morgan fingerprint density at radius 1 is 1.36 bits per heavy atom. The molecule has 0 radical (unpaired) electrons. The van der Waals surface area contributed by atoms with Crippen LogP contribution < -0.4 is 10.6 Å². The molecule has 1 aliphatic rings. The number of carboxylic acid groups (broad SMARTS) is 1. The van der Waals surface area contributed by atoms with E-state index in [0.717, 1.165) is 35.9 Å². The number of carboxylic acids is 1. The molecule has 1 saturated heterocycles. The first-order valence-corrected chi connectivity index (χ1v) is 7.46. The summed E-state index contributed by atoms with van der Waals surface area (Å²) in [4.78, 5) is 26.7. The second-order valence-corrected chi connectivity index (χ2v) is 5.61. The number of aliphatic carboxylic acids is 1. The summed E-state index contributed by atoms with van der Waals surface area (Å²) < 4.78 is 0. The van der Waals surface area contributed by atoms with Crippen LogP contribution in [0, 0.1) is 0 Å². The molecule has 0 spiro atoms. The molecule has 0 saturated carbocycles. The second kappa shape index (κ2) is 6.19. The predicted molar refractivity (Wildman–Crippen MR) is 82.6 cm³/mol. The number of carbonyl (C=O) groups excluding carboxylic acids is 1. The van der Waals surface area contributed by atoms with Crippen LogP contribution in [0.2, 0.25) is 0 Å². The molecule has 0 bridgehead atoms. The van der Waals surface area contributed by atoms with Crippen molar-refractivity contribution in [1.82, 2.24) is 15.6 Å². The highest BCUT2D eigenvalue weighted by atomic mass is 16.4. The van der Waals surface area contributed by atoms with Crippen LogP contribution in [0.5, 0.6) is 0 Å². The van der Waals surface area contributed by atoms with Crippen LogP contribution in [-0.2, 0) is 16.0 Å². The molecule has 6 nitrogen and oxygen atoms in total. The van der Waals surface area contributed by atoms with Crippen molar-refractivity contribution in [1.29, 1.82) is 0 Å². The number of hydrogen-bond donors (Lipinski definition) is 4. The van der Waals surface area contributed by atoms with Gasteiger partial charge < -0.3 is 20.7 Å². The topological polar surface area (TPSA) is 94.2 Å². The average molecular weight is 301 g/mol. The number of aromatic amines is 1. The Bertz CT molecular complexity index is 689. The lowest BCUT2D eigenvalue weighted by Gasteiger charge is -2.17. The summed E-state index contributed by atoms with van der Waals surface area (Å²) in [6.07, 6.45) is 3.77. The molecule has 1 fully saturated rings. The van der Waals surface area contributed by atoms with Gasteiger partial charge in [-0.05, 0) is 31.0 Å². The van der Waals surface area contributed by atoms with E-state index in [1.807, 2.05) is 24.3 Å². The molecule has 1 aromatic carbocycles. The maximum absolute atomic E-state index is 12.1. The quantitative estimate of drug-likeness (QED) is 0.663. The van der Waals surface area contributed by atoms with Crippen molar-refractivity contribution in [2.45, 2.75) is 31.3 Å². The smallest absolute Gasteiger partial charge is 0.326 e. The zero-order valence-electron chi connectivity index (χ0n) is 12.1. The summed E-state index contributed by atoms with van der Waals surface area (Å²) in [6, 6.07) is 6.52. The van der Waals surface area contributed by atoms with Gasteiger partial charge in [0.15, 0.2) is 0 Å². The first-order chi connectivity index (χ1) is 10.6. The van der Waals surface area contributed by atoms with Crippen molar-refractivity contribution in [3.05, 3.63) is 36.0 Å². The first-order valence-electron chi connectivity index (χ1n) is 7.46. The van der Waals surface area contributed by atoms with Gasteiger partial charge in [0.2, 0.25) is 5.91 Å². The minimum absolute atomic E-state index is 0.232. The summed E-state index contributed by atoms with van der Waals surface area (Å²) in [7, 11) is 0. The van der Waals surface area contributed by atoms with E-state index in [1.54, 1.807) is 6.20 Å². The van der Waals surface area contributed by atoms with Crippen LogP contribution in [0.3, 0.4) is 0 Å². The van der Waals surface area contributed by atoms with Crippen molar-refractivity contribution < 1.29 is 14.7 Å². The van der Waals surface area contributed by atoms with E-state index in [2.05, 4.69) is 15.6 Å². The van der Waals surface area contributed by atoms with Crippen molar-refractivity contribution in [3.8, 4) is 0 Å². The third-order valence-corrected chi connectivity index (χ3v) is 4.09. The van der Waals surface area contributed by atoms with Crippen LogP contribution in [0.15, 0.2) is 30.5 Å². The number of aromatic nitrogens is 1. The Kier molecular flexibility index (Phi) is 4.11. The molecule has 6 heteroatoms. The van der Waals surface area contributed by atoms with Crippen molar-refractivity contribution in [2.24, 2.45) is 0 Å². The maximum Gasteiger partial charge on any atom is 0.326 e. The lowest BCUT2D eigenvalue weighted by atomic mass is 10.0. The molecule has 1 unspecified atom stereocenters. The Morgan fingerprint density at radius 3 is 2.91 bits per heavy atom. The van der Waals surface area contributed by atoms with E-state index >= 15 is 0 Å². The number of benzene rings is 1. The Balaban J connectivity index is 1.74. The molecular weight excluding hydrogens is 282 g/mol. The molecule has 22 heavy (non-hydrogen) atoms. The van der Waals surface area contributed by atoms with Gasteiger partial charge in [0.25, 0.3) is 0 Å². The molecule has 1 aliphatic heterocycles. The van der Waals surface area contributed by atoms with Crippen molar-refractivity contribution in [3.63, 3.8) is 0 Å². The number of hydrogen-bond acceptors (Lipinski definition) is 3. The van der Waals surface area contributed by atoms with Crippen LogP contribution >= 0.6 is 0 Å². The minimum Gasteiger partial charge on any atom is -0.480 e. The van der Waals surface area contributed by atoms with Gasteiger partial charge in [0.05, 0.1) is 6.04 Å². The summed E-state index contributed by atoms with van der Waals surface area (Å²) in [5, 5.41) is 16.1. The summed E-state index contributed by atoms with van der Waals surface area (Å²) in [6.45, 7) is 0.804. The van der Waals surface area contributed by atoms with Gasteiger partial charge in [-0.15, -0.1) is 0 Å². The predicted octanol–water partition coefficient (Wildman–Crippen LogP) is 1.03. The van der Waals surface area contributed by atoms with Crippen molar-refractivity contribution in [2.75, 3.05) is 6.54 Å². The Labute approximate surface area is 127 Å². The number of H-pyrrole nitrogens is 1. The number of amides is 1. The Hall–Kier alpha value is -2.34. The largest absolute Gasteiger partial charge is 0.480 e. The van der Waals surface area contributed by atoms with E-state index in [1.165, 1.54) is 0 Å². The van der Waals surface area contributed by atoms with Gasteiger partial charge in [-0.3, -0.25) is 4.79 Å². The SMILES string of the molecule is O=C(O)C(Cc1c[nH]c2ccccc12)NC(=O)[C@@H]1CCCN1. The molecule has 1 amide bonds. The fraction of sp³-hybridized carbons (Fsp3) is 0.375. The van der Waals surface area contributed by atoms with Crippen LogP contribution in [0.25, 0.3) is 10.9 Å². The van der Waals surface area contributed by atoms with Crippen LogP contribution in [0.4, 0.5) is 0 Å². The standard InChI is InChI=1S/C16H19N3O3/c20-15(13-6-3-7-17-13)19-14(16(21)22)8-10-9-18-12-5-2-1-4-11(10)12/h1-2,4-5,9,13-14,17-18H,3,6-8H2,(H,19,20)(H,21,22)/t13-,14?/m0/s1. The number of fused-ring (bicyclic) bond motifs is 1. The lowest BCUT2D eigenvalue weighted by Crippen LogP contribution is -2.49. The van der Waals surface area contributed by atoms with Crippen molar-refractivity contribution >= 4 is 22.8 Å². The molecule has 3 rings (SSSR count). The van der Waals surface area contributed by atoms with Gasteiger partial charge in [0.1, 0.15) is 6.04 Å². The summed E-state index contributed by atoms with van der Waals surface area (Å²) in [5.74, 6) is -1.25. The molecular formula is C16H19N3O3.